The van der Waals surface area contributed by atoms with Crippen LogP contribution < -0.4 is 4.90 Å². The van der Waals surface area contributed by atoms with Crippen molar-refractivity contribution in [3.05, 3.63) is 96.0 Å². The highest BCUT2D eigenvalue weighted by Crippen LogP contribution is 2.40. The maximum absolute atomic E-state index is 4.14. The van der Waals surface area contributed by atoms with Crippen molar-refractivity contribution in [2.45, 2.75) is 44.9 Å². The minimum Gasteiger partial charge on any atom is -0.372 e. The minimum absolute atomic E-state index is 0.998. The van der Waals surface area contributed by atoms with Gasteiger partial charge in [-0.05, 0) is 103 Å². The van der Waals surface area contributed by atoms with E-state index in [1.165, 1.54) is 85.6 Å². The normalized spacial score (nSPS) is 17.2. The quantitative estimate of drug-likeness (QED) is 0.303. The summed E-state index contributed by atoms with van der Waals surface area (Å²) in [5.41, 5.74) is 8.67. The molecule has 7 rings (SSSR count). The smallest absolute Gasteiger partial charge is 0.0732 e. The fraction of sp³-hybridized carbons (Fsp3) is 0.290. The van der Waals surface area contributed by atoms with Crippen molar-refractivity contribution in [1.29, 1.82) is 0 Å². The molecule has 34 heavy (non-hydrogen) atoms. The zero-order chi connectivity index (χ0) is 22.7. The molecule has 3 nitrogen and oxygen atoms in total. The van der Waals surface area contributed by atoms with Crippen LogP contribution in [0.4, 0.5) is 5.69 Å². The Morgan fingerprint density at radius 3 is 2.65 bits per heavy atom. The van der Waals surface area contributed by atoms with Crippen LogP contribution >= 0.6 is 0 Å². The number of benzene rings is 2. The zero-order valence-corrected chi connectivity index (χ0v) is 19.7. The summed E-state index contributed by atoms with van der Waals surface area (Å²) in [5, 5.41) is 3.98. The SMILES string of the molecule is C1=CC2=C(CC1)CCc1c2ccc2cc(N3CCCCC3)ccc12.c1cnc2ccncc2c1. The number of fused-ring (bicyclic) bond motifs is 5. The van der Waals surface area contributed by atoms with Crippen LogP contribution in [0.2, 0.25) is 0 Å². The molecule has 0 spiro atoms. The van der Waals surface area contributed by atoms with Crippen LogP contribution in [0.25, 0.3) is 27.2 Å². The number of aromatic nitrogens is 2. The third kappa shape index (κ3) is 4.11. The monoisotopic (exact) mass is 445 g/mol. The Morgan fingerprint density at radius 2 is 1.74 bits per heavy atom. The molecular weight excluding hydrogens is 414 g/mol. The second-order valence-corrected chi connectivity index (χ2v) is 9.57. The van der Waals surface area contributed by atoms with Gasteiger partial charge in [-0.2, -0.15) is 0 Å². The van der Waals surface area contributed by atoms with Crippen molar-refractivity contribution < 1.29 is 0 Å². The predicted molar refractivity (Wildman–Crippen MR) is 143 cm³/mol. The van der Waals surface area contributed by atoms with Crippen LogP contribution in [0, 0.1) is 0 Å². The average Bonchev–Trinajstić information content (AvgIpc) is 2.93. The van der Waals surface area contributed by atoms with Gasteiger partial charge in [-0.25, -0.2) is 0 Å². The Kier molecular flexibility index (Phi) is 5.85. The number of allylic oxidation sites excluding steroid dienone is 4. The van der Waals surface area contributed by atoms with Gasteiger partial charge in [0.1, 0.15) is 0 Å². The van der Waals surface area contributed by atoms with Crippen LogP contribution in [-0.2, 0) is 6.42 Å². The van der Waals surface area contributed by atoms with Gasteiger partial charge in [0.2, 0.25) is 0 Å². The molecule has 0 N–H and O–H groups in total. The topological polar surface area (TPSA) is 29.0 Å². The first-order valence-corrected chi connectivity index (χ1v) is 12.7. The summed E-state index contributed by atoms with van der Waals surface area (Å²) in [5.74, 6) is 0. The summed E-state index contributed by atoms with van der Waals surface area (Å²) in [6.45, 7) is 2.44. The summed E-state index contributed by atoms with van der Waals surface area (Å²) < 4.78 is 0. The number of hydrogen-bond acceptors (Lipinski definition) is 3. The van der Waals surface area contributed by atoms with Crippen LogP contribution in [0.15, 0.2) is 84.8 Å². The molecule has 0 saturated carbocycles. The molecule has 170 valence electrons. The van der Waals surface area contributed by atoms with E-state index in [4.69, 9.17) is 0 Å². The fourth-order valence-electron chi connectivity index (χ4n) is 5.69. The molecule has 0 radical (unpaired) electrons. The van der Waals surface area contributed by atoms with Crippen LogP contribution in [-0.4, -0.2) is 23.1 Å². The highest BCUT2D eigenvalue weighted by atomic mass is 15.1. The molecule has 1 saturated heterocycles. The Balaban J connectivity index is 0.000000182. The summed E-state index contributed by atoms with van der Waals surface area (Å²) in [6, 6.07) is 17.7. The van der Waals surface area contributed by atoms with E-state index in [0.717, 1.165) is 10.9 Å². The molecular formula is C31H31N3. The molecule has 2 aromatic heterocycles. The van der Waals surface area contributed by atoms with E-state index in [-0.39, 0.29) is 0 Å². The molecule has 3 heterocycles. The highest BCUT2D eigenvalue weighted by molar-refractivity contribution is 5.95. The Labute approximate surface area is 201 Å². The second-order valence-electron chi connectivity index (χ2n) is 9.57. The van der Waals surface area contributed by atoms with Crippen molar-refractivity contribution >= 4 is 32.9 Å². The minimum atomic E-state index is 0.998. The van der Waals surface area contributed by atoms with Gasteiger partial charge in [0, 0.05) is 42.8 Å². The van der Waals surface area contributed by atoms with Gasteiger partial charge in [-0.15, -0.1) is 0 Å². The lowest BCUT2D eigenvalue weighted by atomic mass is 9.79. The van der Waals surface area contributed by atoms with Gasteiger partial charge in [0.15, 0.2) is 0 Å². The van der Waals surface area contributed by atoms with Crippen LogP contribution in [0.1, 0.15) is 49.7 Å². The lowest BCUT2D eigenvalue weighted by Gasteiger charge is -2.29. The fourth-order valence-corrected chi connectivity index (χ4v) is 5.69. The van der Waals surface area contributed by atoms with Gasteiger partial charge < -0.3 is 4.90 Å². The molecule has 1 aliphatic heterocycles. The first kappa shape index (κ1) is 21.1. The second kappa shape index (κ2) is 9.42. The number of anilines is 1. The van der Waals surface area contributed by atoms with Crippen molar-refractivity contribution in [2.24, 2.45) is 0 Å². The van der Waals surface area contributed by atoms with E-state index in [0.29, 0.717) is 0 Å². The van der Waals surface area contributed by atoms with E-state index in [2.05, 4.69) is 57.4 Å². The lowest BCUT2D eigenvalue weighted by Crippen LogP contribution is -2.29. The van der Waals surface area contributed by atoms with E-state index in [1.54, 1.807) is 23.5 Å². The molecule has 3 heteroatoms. The van der Waals surface area contributed by atoms with Gasteiger partial charge in [0.25, 0.3) is 0 Å². The number of nitrogens with zero attached hydrogens (tertiary/aromatic N) is 3. The molecule has 1 fully saturated rings. The first-order chi connectivity index (χ1) is 16.9. The van der Waals surface area contributed by atoms with Crippen molar-refractivity contribution in [2.75, 3.05) is 18.0 Å². The molecule has 4 aromatic rings. The molecule has 0 bridgehead atoms. The van der Waals surface area contributed by atoms with Crippen molar-refractivity contribution in [3.63, 3.8) is 0 Å². The van der Waals surface area contributed by atoms with Gasteiger partial charge >= 0.3 is 0 Å². The maximum atomic E-state index is 4.14. The standard InChI is InChI=1S/C23H25N.C8H6N2/c1-4-14-24(15-5-1)19-10-13-21-18(16-19)9-12-22-20-7-3-2-6-17(20)8-11-23(21)22;1-2-7-6-9-5-3-8(7)10-4-1/h3,7,9-10,12-13,16H,1-2,4-6,8,11,14-15H2;1-6H. The largest absolute Gasteiger partial charge is 0.372 e. The molecule has 3 aliphatic rings. The average molecular weight is 446 g/mol. The summed E-state index contributed by atoms with van der Waals surface area (Å²) in [6.07, 6.45) is 19.1. The Hall–Kier alpha value is -3.46. The van der Waals surface area contributed by atoms with Crippen molar-refractivity contribution in [1.82, 2.24) is 9.97 Å². The molecule has 0 unspecified atom stereocenters. The summed E-state index contributed by atoms with van der Waals surface area (Å²) >= 11 is 0. The van der Waals surface area contributed by atoms with Crippen LogP contribution in [0.5, 0.6) is 0 Å². The van der Waals surface area contributed by atoms with E-state index >= 15 is 0 Å². The Bertz CT molecular complexity index is 1330. The zero-order valence-electron chi connectivity index (χ0n) is 19.7. The molecule has 0 amide bonds. The number of hydrogen-bond donors (Lipinski definition) is 0. The van der Waals surface area contributed by atoms with Gasteiger partial charge in [0.05, 0.1) is 5.52 Å². The summed E-state index contributed by atoms with van der Waals surface area (Å²) in [4.78, 5) is 10.7. The third-order valence-electron chi connectivity index (χ3n) is 7.48. The number of aryl methyl sites for hydroxylation is 1. The van der Waals surface area contributed by atoms with E-state index in [1.807, 2.05) is 24.4 Å². The highest BCUT2D eigenvalue weighted by Gasteiger charge is 2.21. The number of pyridine rings is 2. The number of piperidine rings is 1. The van der Waals surface area contributed by atoms with Gasteiger partial charge in [-0.3, -0.25) is 9.97 Å². The van der Waals surface area contributed by atoms with E-state index in [9.17, 15) is 0 Å². The van der Waals surface area contributed by atoms with Crippen molar-refractivity contribution in [3.8, 4) is 0 Å². The van der Waals surface area contributed by atoms with Crippen LogP contribution in [0.3, 0.4) is 0 Å². The Morgan fingerprint density at radius 1 is 0.794 bits per heavy atom. The first-order valence-electron chi connectivity index (χ1n) is 12.7. The summed E-state index contributed by atoms with van der Waals surface area (Å²) in [7, 11) is 0. The molecule has 2 aromatic carbocycles. The van der Waals surface area contributed by atoms with Gasteiger partial charge in [-0.1, -0.05) is 35.9 Å². The number of rotatable bonds is 1. The predicted octanol–water partition coefficient (Wildman–Crippen LogP) is 7.51. The molecule has 0 atom stereocenters. The lowest BCUT2D eigenvalue weighted by molar-refractivity contribution is 0.578. The van der Waals surface area contributed by atoms with E-state index < -0.39 is 0 Å². The maximum Gasteiger partial charge on any atom is 0.0732 e. The third-order valence-corrected chi connectivity index (χ3v) is 7.48. The molecule has 2 aliphatic carbocycles.